The number of benzene rings is 2. The second-order valence-corrected chi connectivity index (χ2v) is 9.61. The molecule has 1 unspecified atom stereocenters. The number of halogens is 9. The van der Waals surface area contributed by atoms with Crippen LogP contribution in [0.2, 0.25) is 0 Å². The number of amides is 1. The highest BCUT2D eigenvalue weighted by molar-refractivity contribution is 5.80. The molecular formula is C27H27F9N2O4. The van der Waals surface area contributed by atoms with E-state index in [1.54, 1.807) is 13.8 Å². The third-order valence-corrected chi connectivity index (χ3v) is 6.72. The van der Waals surface area contributed by atoms with Gasteiger partial charge in [0.2, 0.25) is 0 Å². The van der Waals surface area contributed by atoms with Crippen LogP contribution in [0.15, 0.2) is 36.4 Å². The van der Waals surface area contributed by atoms with Gasteiger partial charge in [-0.15, -0.1) is 0 Å². The first-order valence-electron chi connectivity index (χ1n) is 12.7. The summed E-state index contributed by atoms with van der Waals surface area (Å²) in [6, 6.07) is 0.709. The van der Waals surface area contributed by atoms with E-state index in [9.17, 15) is 49.1 Å². The molecule has 3 rings (SSSR count). The van der Waals surface area contributed by atoms with Crippen LogP contribution >= 0.6 is 0 Å². The van der Waals surface area contributed by atoms with Crippen LogP contribution in [-0.2, 0) is 39.3 Å². The zero-order valence-corrected chi connectivity index (χ0v) is 22.5. The summed E-state index contributed by atoms with van der Waals surface area (Å²) in [5.74, 6) is -2.34. The Hall–Kier alpha value is -3.65. The van der Waals surface area contributed by atoms with Crippen molar-refractivity contribution in [1.82, 2.24) is 4.90 Å². The summed E-state index contributed by atoms with van der Waals surface area (Å²) < 4.78 is 132. The van der Waals surface area contributed by atoms with Crippen LogP contribution in [0, 0.1) is 5.92 Å². The minimum atomic E-state index is -5.20. The van der Waals surface area contributed by atoms with Gasteiger partial charge in [-0.05, 0) is 60.4 Å². The molecule has 0 aliphatic carbocycles. The molecule has 1 N–H and O–H groups in total. The normalized spacial score (nSPS) is 19.0. The second kappa shape index (κ2) is 12.3. The summed E-state index contributed by atoms with van der Waals surface area (Å²) >= 11 is 0. The third-order valence-electron chi connectivity index (χ3n) is 6.72. The Morgan fingerprint density at radius 2 is 1.43 bits per heavy atom. The van der Waals surface area contributed by atoms with E-state index < -0.39 is 77.4 Å². The van der Waals surface area contributed by atoms with E-state index in [4.69, 9.17) is 9.47 Å². The van der Waals surface area contributed by atoms with Gasteiger partial charge in [0.05, 0.1) is 36.4 Å². The summed E-state index contributed by atoms with van der Waals surface area (Å²) in [6.45, 7) is 2.25. The molecule has 1 aliphatic heterocycles. The number of methoxy groups -OCH3 is 1. The van der Waals surface area contributed by atoms with E-state index in [2.05, 4.69) is 5.32 Å². The zero-order chi connectivity index (χ0) is 31.6. The smallest absolute Gasteiger partial charge is 0.416 e. The van der Waals surface area contributed by atoms with Crippen molar-refractivity contribution >= 4 is 17.7 Å². The molecule has 1 aliphatic rings. The lowest BCUT2D eigenvalue weighted by molar-refractivity contribution is -0.152. The molecule has 3 atom stereocenters. The number of hydrogen-bond donors (Lipinski definition) is 1. The second-order valence-electron chi connectivity index (χ2n) is 9.61. The van der Waals surface area contributed by atoms with Crippen LogP contribution in [0.3, 0.4) is 0 Å². The first-order valence-corrected chi connectivity index (χ1v) is 12.7. The number of alkyl halides is 9. The van der Waals surface area contributed by atoms with Crippen LogP contribution in [0.5, 0.6) is 0 Å². The van der Waals surface area contributed by atoms with Crippen molar-refractivity contribution < 1.29 is 58.6 Å². The molecule has 0 radical (unpaired) electrons. The number of nitrogens with zero attached hydrogens (tertiary/aromatic N) is 1. The van der Waals surface area contributed by atoms with Gasteiger partial charge in [-0.2, -0.15) is 39.5 Å². The zero-order valence-electron chi connectivity index (χ0n) is 22.5. The van der Waals surface area contributed by atoms with Crippen LogP contribution in [-0.4, -0.2) is 36.7 Å². The molecule has 42 heavy (non-hydrogen) atoms. The molecule has 2 aromatic carbocycles. The summed E-state index contributed by atoms with van der Waals surface area (Å²) in [7, 11) is 0.873. The highest BCUT2D eigenvalue weighted by atomic mass is 19.4. The maximum Gasteiger partial charge on any atom is 0.416 e. The number of carbonyl (C=O) groups is 2. The van der Waals surface area contributed by atoms with Crippen LogP contribution in [0.1, 0.15) is 60.5 Å². The van der Waals surface area contributed by atoms with Gasteiger partial charge in [-0.25, -0.2) is 4.79 Å². The summed E-state index contributed by atoms with van der Waals surface area (Å²) in [4.78, 5) is 27.1. The fourth-order valence-corrected chi connectivity index (χ4v) is 4.83. The standard InChI is InChI=1S/C27H27F9N2O4/c1-4-8-42-23(39)21-19(5-2)37-20-7-6-15(25(28,29)30)12-18(20)22(21)38(24(40)41-3)13-14-9-16(26(31,32)33)11-17(10-14)27(34,35)36/h6-7,9-12,19,21-22,37H,4-5,8,13H2,1-3H3/t19-,21?,22-/m1/s1. The number of hydrogen-bond acceptors (Lipinski definition) is 5. The average Bonchev–Trinajstić information content (AvgIpc) is 2.91. The molecule has 0 saturated heterocycles. The Kier molecular flexibility index (Phi) is 9.62. The van der Waals surface area contributed by atoms with E-state index in [0.29, 0.717) is 29.5 Å². The SMILES string of the molecule is CCCOC(=O)C1[C@H](N(Cc2cc(C(F)(F)F)cc(C(F)(F)F)c2)C(=O)OC)c2cc(C(F)(F)F)ccc2N[C@@H]1CC. The van der Waals surface area contributed by atoms with E-state index >= 15 is 0 Å². The fourth-order valence-electron chi connectivity index (χ4n) is 4.83. The number of nitrogens with one attached hydrogen (secondary N) is 1. The van der Waals surface area contributed by atoms with Crippen molar-refractivity contribution in [3.8, 4) is 0 Å². The molecule has 0 saturated carbocycles. The summed E-state index contributed by atoms with van der Waals surface area (Å²) in [6.07, 6.45) is -16.0. The average molecular weight is 615 g/mol. The Labute approximate surface area is 234 Å². The highest BCUT2D eigenvalue weighted by Gasteiger charge is 2.47. The number of ether oxygens (including phenoxy) is 2. The molecule has 232 valence electrons. The van der Waals surface area contributed by atoms with Gasteiger partial charge in [0.25, 0.3) is 0 Å². The Morgan fingerprint density at radius 1 is 0.857 bits per heavy atom. The van der Waals surface area contributed by atoms with Crippen molar-refractivity contribution in [3.05, 3.63) is 64.2 Å². The third kappa shape index (κ3) is 7.21. The molecule has 0 bridgehead atoms. The van der Waals surface area contributed by atoms with Crippen molar-refractivity contribution in [2.75, 3.05) is 19.0 Å². The molecule has 0 fully saturated rings. The fraction of sp³-hybridized carbons (Fsp3) is 0.481. The summed E-state index contributed by atoms with van der Waals surface area (Å²) in [5, 5.41) is 2.95. The first kappa shape index (κ1) is 32.9. The minimum absolute atomic E-state index is 0.0771. The van der Waals surface area contributed by atoms with Crippen LogP contribution < -0.4 is 5.32 Å². The van der Waals surface area contributed by atoms with Crippen LogP contribution in [0.25, 0.3) is 0 Å². The monoisotopic (exact) mass is 614 g/mol. The van der Waals surface area contributed by atoms with Crippen LogP contribution in [0.4, 0.5) is 50.0 Å². The van der Waals surface area contributed by atoms with E-state index in [0.717, 1.165) is 19.2 Å². The van der Waals surface area contributed by atoms with Gasteiger partial charge in [-0.1, -0.05) is 13.8 Å². The van der Waals surface area contributed by atoms with Gasteiger partial charge in [0.15, 0.2) is 0 Å². The van der Waals surface area contributed by atoms with E-state index in [1.807, 2.05) is 0 Å². The lowest BCUT2D eigenvalue weighted by Crippen LogP contribution is -2.50. The van der Waals surface area contributed by atoms with Crippen molar-refractivity contribution in [2.45, 2.75) is 63.8 Å². The molecule has 1 heterocycles. The predicted octanol–water partition coefficient (Wildman–Crippen LogP) is 7.83. The summed E-state index contributed by atoms with van der Waals surface area (Å²) in [5.41, 5.74) is -5.30. The van der Waals surface area contributed by atoms with Crippen molar-refractivity contribution in [3.63, 3.8) is 0 Å². The highest BCUT2D eigenvalue weighted by Crippen LogP contribution is 2.46. The minimum Gasteiger partial charge on any atom is -0.465 e. The lowest BCUT2D eigenvalue weighted by Gasteiger charge is -2.44. The quantitative estimate of drug-likeness (QED) is 0.255. The number of esters is 1. The Bertz CT molecular complexity index is 1260. The van der Waals surface area contributed by atoms with Gasteiger partial charge < -0.3 is 14.8 Å². The predicted molar refractivity (Wildman–Crippen MR) is 131 cm³/mol. The molecule has 0 aromatic heterocycles. The van der Waals surface area contributed by atoms with Crippen molar-refractivity contribution in [1.29, 1.82) is 0 Å². The van der Waals surface area contributed by atoms with E-state index in [-0.39, 0.29) is 30.3 Å². The number of rotatable bonds is 7. The lowest BCUT2D eigenvalue weighted by atomic mass is 9.79. The van der Waals surface area contributed by atoms with Crippen molar-refractivity contribution in [2.24, 2.45) is 5.92 Å². The van der Waals surface area contributed by atoms with E-state index in [1.165, 1.54) is 0 Å². The Balaban J connectivity index is 2.29. The first-order chi connectivity index (χ1) is 19.4. The topological polar surface area (TPSA) is 67.9 Å². The maximum absolute atomic E-state index is 13.7. The van der Waals surface area contributed by atoms with Gasteiger partial charge >= 0.3 is 30.6 Å². The molecular weight excluding hydrogens is 587 g/mol. The molecule has 6 nitrogen and oxygen atoms in total. The number of fused-ring (bicyclic) bond motifs is 1. The number of carbonyl (C=O) groups excluding carboxylic acids is 2. The molecule has 0 spiro atoms. The van der Waals surface area contributed by atoms with Gasteiger partial charge in [-0.3, -0.25) is 9.69 Å². The molecule has 1 amide bonds. The van der Waals surface area contributed by atoms with Gasteiger partial charge in [0.1, 0.15) is 5.92 Å². The molecule has 2 aromatic rings. The largest absolute Gasteiger partial charge is 0.465 e. The molecule has 15 heteroatoms. The number of anilines is 1. The van der Waals surface area contributed by atoms with Gasteiger partial charge in [0, 0.05) is 18.3 Å². The Morgan fingerprint density at radius 3 is 1.90 bits per heavy atom. The maximum atomic E-state index is 13.7.